The van der Waals surface area contributed by atoms with Gasteiger partial charge < -0.3 is 0 Å². The Morgan fingerprint density at radius 2 is 2.08 bits per heavy atom. The second-order valence-electron chi connectivity index (χ2n) is 2.18. The maximum Gasteiger partial charge on any atom is 0.253 e. The van der Waals surface area contributed by atoms with Crippen LogP contribution in [0.3, 0.4) is 0 Å². The molecule has 70 valence electrons. The lowest BCUT2D eigenvalue weighted by atomic mass is 10.3. The molecular formula is C7H5F2NO2S. The van der Waals surface area contributed by atoms with E-state index < -0.39 is 16.6 Å². The maximum atomic E-state index is 12.5. The summed E-state index contributed by atoms with van der Waals surface area (Å²) in [5, 5.41) is 9.94. The molecule has 0 aromatic heterocycles. The topological polar surface area (TPSA) is 43.1 Å². The van der Waals surface area contributed by atoms with E-state index >= 15 is 0 Å². The van der Waals surface area contributed by atoms with Crippen molar-refractivity contribution in [3.63, 3.8) is 0 Å². The van der Waals surface area contributed by atoms with Crippen molar-refractivity contribution in [3.8, 4) is 0 Å². The summed E-state index contributed by atoms with van der Waals surface area (Å²) in [5.41, 5.74) is 0. The molecule has 0 N–H and O–H groups in total. The number of nitrogens with zero attached hydrogens (tertiary/aromatic N) is 1. The standard InChI is InChI=1S/C7H5F2NO2S/c8-6-2-1-5(3-7(6)9)13-4-10(11)12/h1-3H,4H2. The highest BCUT2D eigenvalue weighted by Gasteiger charge is 2.05. The van der Waals surface area contributed by atoms with Crippen molar-refractivity contribution in [2.24, 2.45) is 0 Å². The fraction of sp³-hybridized carbons (Fsp3) is 0.143. The van der Waals surface area contributed by atoms with Gasteiger partial charge >= 0.3 is 0 Å². The molecule has 3 nitrogen and oxygen atoms in total. The smallest absolute Gasteiger partial charge is 0.253 e. The predicted octanol–water partition coefficient (Wildman–Crippen LogP) is 2.29. The van der Waals surface area contributed by atoms with Crippen LogP contribution in [0.25, 0.3) is 0 Å². The molecule has 0 saturated heterocycles. The van der Waals surface area contributed by atoms with Gasteiger partial charge in [0, 0.05) is 9.82 Å². The van der Waals surface area contributed by atoms with E-state index in [-0.39, 0.29) is 5.88 Å². The second-order valence-corrected chi connectivity index (χ2v) is 3.20. The van der Waals surface area contributed by atoms with Crippen LogP contribution in [-0.2, 0) is 0 Å². The summed E-state index contributed by atoms with van der Waals surface area (Å²) in [7, 11) is 0. The first-order chi connectivity index (χ1) is 6.09. The van der Waals surface area contributed by atoms with E-state index in [1.54, 1.807) is 0 Å². The van der Waals surface area contributed by atoms with Gasteiger partial charge in [-0.25, -0.2) is 8.78 Å². The zero-order chi connectivity index (χ0) is 9.84. The van der Waals surface area contributed by atoms with Crippen molar-refractivity contribution in [1.82, 2.24) is 0 Å². The van der Waals surface area contributed by atoms with E-state index in [1.807, 2.05) is 0 Å². The fourth-order valence-corrected chi connectivity index (χ4v) is 1.30. The largest absolute Gasteiger partial charge is 0.264 e. The van der Waals surface area contributed by atoms with Gasteiger partial charge in [0.05, 0.1) is 0 Å². The zero-order valence-electron chi connectivity index (χ0n) is 6.37. The minimum atomic E-state index is -0.992. The quantitative estimate of drug-likeness (QED) is 0.329. The molecule has 1 aromatic rings. The highest BCUT2D eigenvalue weighted by Crippen LogP contribution is 2.19. The second kappa shape index (κ2) is 4.18. The number of hydrogen-bond acceptors (Lipinski definition) is 3. The molecular weight excluding hydrogens is 200 g/mol. The molecule has 0 atom stereocenters. The lowest BCUT2D eigenvalue weighted by Gasteiger charge is -1.97. The Bertz CT molecular complexity index is 332. The molecule has 0 aliphatic heterocycles. The van der Waals surface area contributed by atoms with Crippen LogP contribution in [0.4, 0.5) is 8.78 Å². The summed E-state index contributed by atoms with van der Waals surface area (Å²) in [5.74, 6) is -2.30. The third kappa shape index (κ3) is 2.98. The predicted molar refractivity (Wildman–Crippen MR) is 44.1 cm³/mol. The van der Waals surface area contributed by atoms with E-state index in [9.17, 15) is 18.9 Å². The Labute approximate surface area is 76.9 Å². The van der Waals surface area contributed by atoms with Crippen LogP contribution in [0.1, 0.15) is 0 Å². The fourth-order valence-electron chi connectivity index (χ4n) is 0.694. The molecule has 0 unspecified atom stereocenters. The molecule has 6 heteroatoms. The number of hydrogen-bond donors (Lipinski definition) is 0. The first kappa shape index (κ1) is 9.91. The molecule has 0 radical (unpaired) electrons. The Morgan fingerprint density at radius 1 is 1.38 bits per heavy atom. The van der Waals surface area contributed by atoms with Crippen LogP contribution >= 0.6 is 11.8 Å². The Hall–Kier alpha value is -1.17. The number of thioether (sulfide) groups is 1. The van der Waals surface area contributed by atoms with Gasteiger partial charge in [0.1, 0.15) is 0 Å². The molecule has 13 heavy (non-hydrogen) atoms. The minimum Gasteiger partial charge on any atom is -0.264 e. The molecule has 0 heterocycles. The average Bonchev–Trinajstić information content (AvgIpc) is 2.07. The SMILES string of the molecule is O=[N+]([O-])CSc1ccc(F)c(F)c1. The zero-order valence-corrected chi connectivity index (χ0v) is 7.18. The van der Waals surface area contributed by atoms with E-state index in [0.29, 0.717) is 4.90 Å². The Kier molecular flexibility index (Phi) is 3.18. The van der Waals surface area contributed by atoms with Gasteiger partial charge in [-0.1, -0.05) is 0 Å². The molecule has 0 aliphatic carbocycles. The van der Waals surface area contributed by atoms with Crippen LogP contribution in [0.5, 0.6) is 0 Å². The van der Waals surface area contributed by atoms with Gasteiger partial charge in [-0.2, -0.15) is 0 Å². The molecule has 1 rings (SSSR count). The van der Waals surface area contributed by atoms with E-state index in [0.717, 1.165) is 23.9 Å². The average molecular weight is 205 g/mol. The van der Waals surface area contributed by atoms with Crippen LogP contribution < -0.4 is 0 Å². The first-order valence-electron chi connectivity index (χ1n) is 3.29. The summed E-state index contributed by atoms with van der Waals surface area (Å²) in [4.78, 5) is 9.75. The van der Waals surface area contributed by atoms with Gasteiger partial charge in [0.25, 0.3) is 5.88 Å². The summed E-state index contributed by atoms with van der Waals surface area (Å²) < 4.78 is 24.9. The third-order valence-electron chi connectivity index (χ3n) is 1.23. The lowest BCUT2D eigenvalue weighted by Crippen LogP contribution is -1.95. The van der Waals surface area contributed by atoms with Crippen molar-refractivity contribution in [1.29, 1.82) is 0 Å². The number of rotatable bonds is 3. The van der Waals surface area contributed by atoms with Crippen molar-refractivity contribution >= 4 is 11.8 Å². The molecule has 0 spiro atoms. The maximum absolute atomic E-state index is 12.5. The highest BCUT2D eigenvalue weighted by molar-refractivity contribution is 7.99. The van der Waals surface area contributed by atoms with Crippen molar-refractivity contribution < 1.29 is 13.7 Å². The molecule has 0 aliphatic rings. The summed E-state index contributed by atoms with van der Waals surface area (Å²) in [6, 6.07) is 3.17. The van der Waals surface area contributed by atoms with Crippen molar-refractivity contribution in [2.75, 3.05) is 5.88 Å². The monoisotopic (exact) mass is 205 g/mol. The van der Waals surface area contributed by atoms with Crippen LogP contribution in [-0.4, -0.2) is 10.8 Å². The van der Waals surface area contributed by atoms with E-state index in [1.165, 1.54) is 6.07 Å². The van der Waals surface area contributed by atoms with Crippen LogP contribution in [0.2, 0.25) is 0 Å². The highest BCUT2D eigenvalue weighted by atomic mass is 32.2. The molecule has 1 aromatic carbocycles. The van der Waals surface area contributed by atoms with Crippen molar-refractivity contribution in [3.05, 3.63) is 39.9 Å². The molecule has 0 saturated carbocycles. The van der Waals surface area contributed by atoms with E-state index in [2.05, 4.69) is 0 Å². The van der Waals surface area contributed by atoms with Crippen molar-refractivity contribution in [2.45, 2.75) is 4.90 Å². The number of halogens is 2. The lowest BCUT2D eigenvalue weighted by molar-refractivity contribution is -0.456. The Morgan fingerprint density at radius 3 is 2.62 bits per heavy atom. The molecule has 0 fully saturated rings. The number of benzene rings is 1. The van der Waals surface area contributed by atoms with Gasteiger partial charge in [-0.15, -0.1) is 0 Å². The summed E-state index contributed by atoms with van der Waals surface area (Å²) >= 11 is 0.846. The summed E-state index contributed by atoms with van der Waals surface area (Å²) in [6.45, 7) is 0. The molecule has 0 amide bonds. The number of nitro groups is 1. The van der Waals surface area contributed by atoms with Gasteiger partial charge in [0.15, 0.2) is 11.6 Å². The third-order valence-corrected chi connectivity index (χ3v) is 2.15. The van der Waals surface area contributed by atoms with Crippen LogP contribution in [0.15, 0.2) is 23.1 Å². The Balaban J connectivity index is 2.68. The van der Waals surface area contributed by atoms with Gasteiger partial charge in [0.2, 0.25) is 0 Å². The molecule has 0 bridgehead atoms. The summed E-state index contributed by atoms with van der Waals surface area (Å²) in [6.07, 6.45) is 0. The minimum absolute atomic E-state index is 0.343. The van der Waals surface area contributed by atoms with E-state index in [4.69, 9.17) is 0 Å². The normalized spacial score (nSPS) is 10.0. The van der Waals surface area contributed by atoms with Crippen LogP contribution in [0, 0.1) is 21.7 Å². The first-order valence-corrected chi connectivity index (χ1v) is 4.28. The van der Waals surface area contributed by atoms with Gasteiger partial charge in [-0.05, 0) is 30.0 Å². The van der Waals surface area contributed by atoms with Gasteiger partial charge in [-0.3, -0.25) is 10.1 Å².